The molecule has 2 N–H and O–H groups in total. The van der Waals surface area contributed by atoms with Gasteiger partial charge in [-0.2, -0.15) is 0 Å². The molecule has 1 heterocycles. The van der Waals surface area contributed by atoms with Gasteiger partial charge in [-0.05, 0) is 12.1 Å². The smallest absolute Gasteiger partial charge is 0.329 e. The van der Waals surface area contributed by atoms with Crippen molar-refractivity contribution in [2.24, 2.45) is 0 Å². The van der Waals surface area contributed by atoms with E-state index >= 15 is 0 Å². The van der Waals surface area contributed by atoms with Gasteiger partial charge >= 0.3 is 5.97 Å². The molecule has 0 aromatic carbocycles. The van der Waals surface area contributed by atoms with Gasteiger partial charge in [0.1, 0.15) is 12.3 Å². The molecule has 0 aliphatic heterocycles. The molecule has 0 saturated carbocycles. The number of aliphatic carboxylic acids is 1. The van der Waals surface area contributed by atoms with Gasteiger partial charge in [-0.25, -0.2) is 4.79 Å². The van der Waals surface area contributed by atoms with Gasteiger partial charge in [0.15, 0.2) is 0 Å². The van der Waals surface area contributed by atoms with Crippen molar-refractivity contribution in [1.82, 2.24) is 10.3 Å². The van der Waals surface area contributed by atoms with Crippen LogP contribution >= 0.6 is 11.6 Å². The van der Waals surface area contributed by atoms with E-state index in [0.717, 1.165) is 0 Å². The minimum absolute atomic E-state index is 0.124. The van der Waals surface area contributed by atoms with Gasteiger partial charge in [0.05, 0.1) is 6.61 Å². The molecule has 0 aliphatic carbocycles. The fourth-order valence-electron chi connectivity index (χ4n) is 1.02. The minimum atomic E-state index is -1.05. The van der Waals surface area contributed by atoms with Gasteiger partial charge in [-0.1, -0.05) is 11.6 Å². The molecule has 0 aliphatic rings. The number of halogens is 1. The van der Waals surface area contributed by atoms with Gasteiger partial charge in [-0.3, -0.25) is 9.78 Å². The lowest BCUT2D eigenvalue weighted by Crippen LogP contribution is -2.28. The second-order valence-corrected chi connectivity index (χ2v) is 3.50. The number of hydrogen-bond donors (Lipinski definition) is 2. The van der Waals surface area contributed by atoms with E-state index in [1.54, 1.807) is 6.07 Å². The molecule has 1 aromatic rings. The van der Waals surface area contributed by atoms with Crippen molar-refractivity contribution in [3.8, 4) is 0 Å². The highest BCUT2D eigenvalue weighted by Gasteiger charge is 2.06. The van der Waals surface area contributed by atoms with E-state index in [4.69, 9.17) is 21.4 Å². The molecule has 6 nitrogen and oxygen atoms in total. The summed E-state index contributed by atoms with van der Waals surface area (Å²) in [6.45, 7) is -0.0514. The number of aromatic nitrogens is 1. The number of nitrogens with zero attached hydrogens (tertiary/aromatic N) is 1. The number of carbonyl (C=O) groups excluding carboxylic acids is 1. The number of carboxylic acids is 1. The third kappa shape index (κ3) is 5.28. The van der Waals surface area contributed by atoms with E-state index in [0.29, 0.717) is 5.02 Å². The van der Waals surface area contributed by atoms with Crippen molar-refractivity contribution >= 4 is 23.5 Å². The monoisotopic (exact) mass is 258 g/mol. The van der Waals surface area contributed by atoms with Crippen LogP contribution in [0.4, 0.5) is 0 Å². The molecule has 0 bridgehead atoms. The highest BCUT2D eigenvalue weighted by molar-refractivity contribution is 6.30. The Bertz CT molecular complexity index is 411. The van der Waals surface area contributed by atoms with Crippen LogP contribution < -0.4 is 5.32 Å². The predicted molar refractivity (Wildman–Crippen MR) is 60.0 cm³/mol. The van der Waals surface area contributed by atoms with Crippen molar-refractivity contribution in [2.75, 3.05) is 19.8 Å². The highest BCUT2D eigenvalue weighted by Crippen LogP contribution is 2.07. The molecule has 0 atom stereocenters. The molecular weight excluding hydrogens is 248 g/mol. The Balaban J connectivity index is 2.28. The molecule has 1 aromatic heterocycles. The molecule has 0 spiro atoms. The summed E-state index contributed by atoms with van der Waals surface area (Å²) < 4.78 is 4.74. The Labute approximate surface area is 103 Å². The maximum Gasteiger partial charge on any atom is 0.329 e. The van der Waals surface area contributed by atoms with Gasteiger partial charge in [0.2, 0.25) is 0 Å². The number of pyridine rings is 1. The van der Waals surface area contributed by atoms with Crippen molar-refractivity contribution in [3.63, 3.8) is 0 Å². The molecule has 0 saturated heterocycles. The largest absolute Gasteiger partial charge is 0.480 e. The Morgan fingerprint density at radius 3 is 2.94 bits per heavy atom. The Hall–Kier alpha value is -1.66. The fraction of sp³-hybridized carbons (Fsp3) is 0.300. The molecule has 0 unspecified atom stereocenters. The first-order valence-electron chi connectivity index (χ1n) is 4.79. The number of amides is 1. The summed E-state index contributed by atoms with van der Waals surface area (Å²) in [5, 5.41) is 11.2. The van der Waals surface area contributed by atoms with Gasteiger partial charge < -0.3 is 15.2 Å². The van der Waals surface area contributed by atoms with Crippen LogP contribution in [-0.2, 0) is 9.53 Å². The number of nitrogens with one attached hydrogen (secondary N) is 1. The summed E-state index contributed by atoms with van der Waals surface area (Å²) in [4.78, 5) is 25.4. The fourth-order valence-corrected chi connectivity index (χ4v) is 1.18. The Kier molecular flexibility index (Phi) is 5.38. The number of hydrogen-bond acceptors (Lipinski definition) is 4. The van der Waals surface area contributed by atoms with E-state index in [9.17, 15) is 9.59 Å². The average Bonchev–Trinajstić information content (AvgIpc) is 2.28. The molecule has 0 radical (unpaired) electrons. The molecule has 1 amide bonds. The van der Waals surface area contributed by atoms with E-state index in [1.807, 2.05) is 0 Å². The summed E-state index contributed by atoms with van der Waals surface area (Å²) in [5.41, 5.74) is 0.204. The molecule has 92 valence electrons. The van der Waals surface area contributed by atoms with Crippen LogP contribution in [0, 0.1) is 0 Å². The van der Waals surface area contributed by atoms with Crippen molar-refractivity contribution in [1.29, 1.82) is 0 Å². The van der Waals surface area contributed by atoms with E-state index in [-0.39, 0.29) is 31.4 Å². The molecule has 0 fully saturated rings. The van der Waals surface area contributed by atoms with Crippen LogP contribution in [0.5, 0.6) is 0 Å². The second-order valence-electron chi connectivity index (χ2n) is 3.06. The first-order chi connectivity index (χ1) is 8.09. The van der Waals surface area contributed by atoms with E-state index in [2.05, 4.69) is 10.3 Å². The van der Waals surface area contributed by atoms with Crippen LogP contribution in [0.1, 0.15) is 10.5 Å². The number of rotatable bonds is 6. The first kappa shape index (κ1) is 13.4. The Morgan fingerprint density at radius 2 is 2.29 bits per heavy atom. The lowest BCUT2D eigenvalue weighted by atomic mass is 10.3. The van der Waals surface area contributed by atoms with Gasteiger partial charge in [0, 0.05) is 17.8 Å². The zero-order chi connectivity index (χ0) is 12.7. The van der Waals surface area contributed by atoms with E-state index < -0.39 is 5.97 Å². The van der Waals surface area contributed by atoms with E-state index in [1.165, 1.54) is 12.3 Å². The quantitative estimate of drug-likeness (QED) is 0.728. The molecule has 1 rings (SSSR count). The van der Waals surface area contributed by atoms with Gasteiger partial charge in [0.25, 0.3) is 5.91 Å². The molecular formula is C10H11ClN2O4. The summed E-state index contributed by atoms with van der Waals surface area (Å²) in [6, 6.07) is 3.00. The predicted octanol–water partition coefficient (Wildman–Crippen LogP) is 0.566. The first-order valence-corrected chi connectivity index (χ1v) is 5.16. The topological polar surface area (TPSA) is 88.5 Å². The third-order valence-electron chi connectivity index (χ3n) is 1.71. The second kappa shape index (κ2) is 6.82. The van der Waals surface area contributed by atoms with Crippen LogP contribution in [0.3, 0.4) is 0 Å². The Morgan fingerprint density at radius 1 is 1.53 bits per heavy atom. The number of ether oxygens (including phenoxy) is 1. The van der Waals surface area contributed by atoms with Crippen molar-refractivity contribution in [2.45, 2.75) is 0 Å². The lowest BCUT2D eigenvalue weighted by molar-refractivity contribution is -0.142. The zero-order valence-corrected chi connectivity index (χ0v) is 9.61. The van der Waals surface area contributed by atoms with Gasteiger partial charge in [-0.15, -0.1) is 0 Å². The normalized spacial score (nSPS) is 9.94. The summed E-state index contributed by atoms with van der Waals surface area (Å²) in [6.07, 6.45) is 1.43. The maximum atomic E-state index is 11.5. The number of carbonyl (C=O) groups is 2. The van der Waals surface area contributed by atoms with Crippen LogP contribution in [-0.4, -0.2) is 41.7 Å². The summed E-state index contributed by atoms with van der Waals surface area (Å²) in [7, 11) is 0. The highest BCUT2D eigenvalue weighted by atomic mass is 35.5. The van der Waals surface area contributed by atoms with Crippen molar-refractivity contribution in [3.05, 3.63) is 29.0 Å². The SMILES string of the molecule is O=C(O)COCCNC(=O)c1cc(Cl)ccn1. The molecule has 17 heavy (non-hydrogen) atoms. The third-order valence-corrected chi connectivity index (χ3v) is 1.95. The summed E-state index contributed by atoms with van der Waals surface area (Å²) >= 11 is 5.70. The number of carboxylic acid groups (broad SMARTS) is 1. The van der Waals surface area contributed by atoms with Crippen LogP contribution in [0.25, 0.3) is 0 Å². The zero-order valence-electron chi connectivity index (χ0n) is 8.85. The minimum Gasteiger partial charge on any atom is -0.480 e. The molecule has 7 heteroatoms. The van der Waals surface area contributed by atoms with Crippen molar-refractivity contribution < 1.29 is 19.4 Å². The lowest BCUT2D eigenvalue weighted by Gasteiger charge is -2.04. The summed E-state index contributed by atoms with van der Waals surface area (Å²) in [5.74, 6) is -1.43. The average molecular weight is 259 g/mol. The van der Waals surface area contributed by atoms with Crippen LogP contribution in [0.2, 0.25) is 5.02 Å². The van der Waals surface area contributed by atoms with Crippen LogP contribution in [0.15, 0.2) is 18.3 Å². The maximum absolute atomic E-state index is 11.5. The standard InChI is InChI=1S/C10H11ClN2O4/c11-7-1-2-12-8(5-7)10(16)13-3-4-17-6-9(14)15/h1-2,5H,3-4,6H2,(H,13,16)(H,14,15).